The SMILES string of the molecule is Cc1cc(C)n(-c2cccc(NC(=O)CN3C(=O)[C@H]4[C@H](C3=O)[C@H]3C=C[C@H]4C3)c2)n1. The Morgan fingerprint density at radius 3 is 2.41 bits per heavy atom. The molecule has 2 bridgehead atoms. The van der Waals surface area contributed by atoms with Crippen LogP contribution in [-0.4, -0.2) is 38.9 Å². The molecule has 1 aliphatic heterocycles. The number of imide groups is 1. The molecule has 1 aromatic heterocycles. The van der Waals surface area contributed by atoms with E-state index in [2.05, 4.69) is 10.4 Å². The number of likely N-dealkylation sites (tertiary alicyclic amines) is 1. The van der Waals surface area contributed by atoms with Gasteiger partial charge in [-0.15, -0.1) is 0 Å². The van der Waals surface area contributed by atoms with Crippen molar-refractivity contribution in [3.63, 3.8) is 0 Å². The molecule has 3 aliphatic rings. The van der Waals surface area contributed by atoms with Crippen LogP contribution in [0.3, 0.4) is 0 Å². The fraction of sp³-hybridized carbons (Fsp3) is 0.364. The summed E-state index contributed by atoms with van der Waals surface area (Å²) < 4.78 is 1.81. The molecule has 1 saturated heterocycles. The topological polar surface area (TPSA) is 84.3 Å². The van der Waals surface area contributed by atoms with Gasteiger partial charge in [0, 0.05) is 11.4 Å². The highest BCUT2D eigenvalue weighted by molar-refractivity contribution is 6.09. The maximum Gasteiger partial charge on any atom is 0.244 e. The average Bonchev–Trinajstić information content (AvgIpc) is 3.43. The Labute approximate surface area is 168 Å². The lowest BCUT2D eigenvalue weighted by Crippen LogP contribution is -2.39. The van der Waals surface area contributed by atoms with Crippen molar-refractivity contribution in [2.24, 2.45) is 23.7 Å². The maximum atomic E-state index is 12.7. The standard InChI is InChI=1S/C22H22N4O3/c1-12-8-13(2)26(24-12)17-5-3-4-16(10-17)23-18(27)11-25-21(28)19-14-6-7-15(9-14)20(19)22(25)29/h3-8,10,14-15,19-20H,9,11H2,1-2H3,(H,23,27)/t14-,15-,19+,20+/m0/s1. The summed E-state index contributed by atoms with van der Waals surface area (Å²) in [7, 11) is 0. The van der Waals surface area contributed by atoms with Gasteiger partial charge in [0.25, 0.3) is 0 Å². The lowest BCUT2D eigenvalue weighted by Gasteiger charge is -2.17. The molecule has 0 radical (unpaired) electrons. The van der Waals surface area contributed by atoms with Crippen molar-refractivity contribution >= 4 is 23.4 Å². The Morgan fingerprint density at radius 2 is 1.79 bits per heavy atom. The first-order valence-electron chi connectivity index (χ1n) is 9.89. The van der Waals surface area contributed by atoms with E-state index in [1.165, 1.54) is 0 Å². The van der Waals surface area contributed by atoms with Gasteiger partial charge in [-0.1, -0.05) is 18.2 Å². The molecule has 2 heterocycles. The van der Waals surface area contributed by atoms with Gasteiger partial charge in [0.05, 0.1) is 23.2 Å². The van der Waals surface area contributed by atoms with Gasteiger partial charge in [0.1, 0.15) is 6.54 Å². The predicted octanol–water partition coefficient (Wildman–Crippen LogP) is 2.23. The van der Waals surface area contributed by atoms with Gasteiger partial charge in [-0.2, -0.15) is 5.10 Å². The molecule has 2 aliphatic carbocycles. The van der Waals surface area contributed by atoms with Gasteiger partial charge in [0.2, 0.25) is 17.7 Å². The van der Waals surface area contributed by atoms with Crippen molar-refractivity contribution in [1.82, 2.24) is 14.7 Å². The minimum atomic E-state index is -0.377. The fourth-order valence-corrected chi connectivity index (χ4v) is 5.07. The number of rotatable bonds is 4. The van der Waals surface area contributed by atoms with Crippen LogP contribution < -0.4 is 5.32 Å². The summed E-state index contributed by atoms with van der Waals surface area (Å²) in [5, 5.41) is 7.27. The molecule has 4 atom stereocenters. The summed E-state index contributed by atoms with van der Waals surface area (Å²) in [4.78, 5) is 39.2. The van der Waals surface area contributed by atoms with Gasteiger partial charge in [-0.25, -0.2) is 4.68 Å². The third-order valence-corrected chi connectivity index (χ3v) is 6.25. The van der Waals surface area contributed by atoms with E-state index in [0.717, 1.165) is 28.4 Å². The highest BCUT2D eigenvalue weighted by Gasteiger charge is 2.59. The fourth-order valence-electron chi connectivity index (χ4n) is 5.07. The number of aryl methyl sites for hydroxylation is 2. The first-order chi connectivity index (χ1) is 13.9. The van der Waals surface area contributed by atoms with Crippen LogP contribution in [0.2, 0.25) is 0 Å². The van der Waals surface area contributed by atoms with Crippen LogP contribution in [0, 0.1) is 37.5 Å². The number of carbonyl (C=O) groups excluding carboxylic acids is 3. The number of nitrogens with one attached hydrogen (secondary N) is 1. The van der Waals surface area contributed by atoms with Gasteiger partial charge < -0.3 is 5.32 Å². The Morgan fingerprint density at radius 1 is 1.10 bits per heavy atom. The lowest BCUT2D eigenvalue weighted by molar-refractivity contribution is -0.143. The summed E-state index contributed by atoms with van der Waals surface area (Å²) in [6.07, 6.45) is 4.97. The van der Waals surface area contributed by atoms with Crippen LogP contribution in [0.4, 0.5) is 5.69 Å². The number of nitrogens with zero attached hydrogens (tertiary/aromatic N) is 3. The second kappa shape index (κ2) is 6.40. The molecular weight excluding hydrogens is 368 g/mol. The molecule has 3 amide bonds. The molecule has 2 aromatic rings. The summed E-state index contributed by atoms with van der Waals surface area (Å²) in [6, 6.07) is 9.33. The number of fused-ring (bicyclic) bond motifs is 5. The number of allylic oxidation sites excluding steroid dienone is 2. The zero-order valence-corrected chi connectivity index (χ0v) is 16.3. The molecule has 1 saturated carbocycles. The molecule has 148 valence electrons. The molecular formula is C22H22N4O3. The molecule has 29 heavy (non-hydrogen) atoms. The maximum absolute atomic E-state index is 12.7. The van der Waals surface area contributed by atoms with Gasteiger partial charge in [-0.3, -0.25) is 19.3 Å². The minimum Gasteiger partial charge on any atom is -0.324 e. The number of amides is 3. The van der Waals surface area contributed by atoms with E-state index in [1.54, 1.807) is 6.07 Å². The van der Waals surface area contributed by atoms with E-state index < -0.39 is 0 Å². The molecule has 2 fully saturated rings. The Kier molecular flexibility index (Phi) is 3.94. The molecule has 7 heteroatoms. The predicted molar refractivity (Wildman–Crippen MR) is 106 cm³/mol. The Hall–Kier alpha value is -3.22. The van der Waals surface area contributed by atoms with Crippen LogP contribution in [0.1, 0.15) is 17.8 Å². The second-order valence-corrected chi connectivity index (χ2v) is 8.20. The molecule has 1 N–H and O–H groups in total. The third-order valence-electron chi connectivity index (χ3n) is 6.25. The quantitative estimate of drug-likeness (QED) is 0.641. The monoisotopic (exact) mass is 390 g/mol. The van der Waals surface area contributed by atoms with Crippen LogP contribution in [-0.2, 0) is 14.4 Å². The minimum absolute atomic E-state index is 0.145. The summed E-state index contributed by atoms with van der Waals surface area (Å²) in [6.45, 7) is 3.65. The Balaban J connectivity index is 1.29. The zero-order valence-electron chi connectivity index (χ0n) is 16.3. The number of aromatic nitrogens is 2. The molecule has 7 nitrogen and oxygen atoms in total. The van der Waals surface area contributed by atoms with Crippen molar-refractivity contribution in [2.75, 3.05) is 11.9 Å². The molecule has 1 aromatic carbocycles. The van der Waals surface area contributed by atoms with E-state index >= 15 is 0 Å². The number of hydrogen-bond acceptors (Lipinski definition) is 4. The number of carbonyl (C=O) groups is 3. The number of hydrogen-bond donors (Lipinski definition) is 1. The molecule has 0 spiro atoms. The summed E-state index contributed by atoms with van der Waals surface area (Å²) in [5.74, 6) is -1.05. The second-order valence-electron chi connectivity index (χ2n) is 8.20. The van der Waals surface area contributed by atoms with Crippen molar-refractivity contribution in [1.29, 1.82) is 0 Å². The van der Waals surface area contributed by atoms with Crippen molar-refractivity contribution in [2.45, 2.75) is 20.3 Å². The average molecular weight is 390 g/mol. The van der Waals surface area contributed by atoms with Crippen LogP contribution in [0.15, 0.2) is 42.5 Å². The number of benzene rings is 1. The zero-order chi connectivity index (χ0) is 20.3. The van der Waals surface area contributed by atoms with Crippen LogP contribution in [0.25, 0.3) is 5.69 Å². The van der Waals surface area contributed by atoms with Crippen molar-refractivity contribution in [3.05, 3.63) is 53.9 Å². The van der Waals surface area contributed by atoms with E-state index in [4.69, 9.17) is 0 Å². The first kappa shape index (κ1) is 17.8. The van der Waals surface area contributed by atoms with E-state index in [-0.39, 0.29) is 47.9 Å². The largest absolute Gasteiger partial charge is 0.324 e. The van der Waals surface area contributed by atoms with Gasteiger partial charge >= 0.3 is 0 Å². The summed E-state index contributed by atoms with van der Waals surface area (Å²) in [5.41, 5.74) is 3.34. The van der Waals surface area contributed by atoms with E-state index in [0.29, 0.717) is 5.69 Å². The van der Waals surface area contributed by atoms with Gasteiger partial charge in [0.15, 0.2) is 0 Å². The van der Waals surface area contributed by atoms with Crippen LogP contribution in [0.5, 0.6) is 0 Å². The van der Waals surface area contributed by atoms with E-state index in [1.807, 2.05) is 54.9 Å². The number of anilines is 1. The summed E-state index contributed by atoms with van der Waals surface area (Å²) >= 11 is 0. The third kappa shape index (κ3) is 2.80. The van der Waals surface area contributed by atoms with Crippen molar-refractivity contribution in [3.8, 4) is 5.69 Å². The normalized spacial score (nSPS) is 27.0. The van der Waals surface area contributed by atoms with E-state index in [9.17, 15) is 14.4 Å². The molecule has 0 unspecified atom stereocenters. The first-order valence-corrected chi connectivity index (χ1v) is 9.89. The molecule has 5 rings (SSSR count). The van der Waals surface area contributed by atoms with Gasteiger partial charge in [-0.05, 0) is 56.4 Å². The Bertz CT molecular complexity index is 1040. The highest BCUT2D eigenvalue weighted by Crippen LogP contribution is 2.52. The van der Waals surface area contributed by atoms with Crippen molar-refractivity contribution < 1.29 is 14.4 Å². The smallest absolute Gasteiger partial charge is 0.244 e. The van der Waals surface area contributed by atoms with Crippen LogP contribution >= 0.6 is 0 Å². The highest BCUT2D eigenvalue weighted by atomic mass is 16.2. The lowest BCUT2D eigenvalue weighted by atomic mass is 9.85.